The van der Waals surface area contributed by atoms with Crippen LogP contribution in [0.1, 0.15) is 26.7 Å². The molecule has 9 heteroatoms. The first-order valence-corrected chi connectivity index (χ1v) is 8.43. The van der Waals surface area contributed by atoms with Gasteiger partial charge in [-0.25, -0.2) is 0 Å². The Labute approximate surface area is 132 Å². The zero-order chi connectivity index (χ0) is 15.8. The summed E-state index contributed by atoms with van der Waals surface area (Å²) in [5.41, 5.74) is 0. The fraction of sp³-hybridized carbons (Fsp3) is 0.667. The maximum atomic E-state index is 11.9. The molecule has 0 saturated carbocycles. The van der Waals surface area contributed by atoms with E-state index in [-0.39, 0.29) is 12.5 Å². The Morgan fingerprint density at radius 1 is 1.48 bits per heavy atom. The highest BCUT2D eigenvalue weighted by Crippen LogP contribution is 2.20. The van der Waals surface area contributed by atoms with Crippen molar-refractivity contribution in [2.45, 2.75) is 37.9 Å². The van der Waals surface area contributed by atoms with Crippen LogP contribution in [0.2, 0.25) is 0 Å². The minimum atomic E-state index is -0.929. The van der Waals surface area contributed by atoms with Crippen molar-refractivity contribution in [3.05, 3.63) is 0 Å². The zero-order valence-corrected chi connectivity index (χ0v) is 14.0. The van der Waals surface area contributed by atoms with E-state index in [4.69, 9.17) is 5.11 Å². The van der Waals surface area contributed by atoms with Gasteiger partial charge in [0.15, 0.2) is 0 Å². The summed E-state index contributed by atoms with van der Waals surface area (Å²) in [6, 6.07) is -0.666. The normalized spacial score (nSPS) is 12.4. The van der Waals surface area contributed by atoms with Gasteiger partial charge in [0.05, 0.1) is 6.54 Å². The Balaban J connectivity index is 2.49. The van der Waals surface area contributed by atoms with E-state index in [0.29, 0.717) is 16.7 Å². The van der Waals surface area contributed by atoms with Gasteiger partial charge in [0.2, 0.25) is 16.2 Å². The molecule has 0 aromatic carbocycles. The summed E-state index contributed by atoms with van der Waals surface area (Å²) >= 11 is 2.67. The number of nitrogens with zero attached hydrogens (tertiary/aromatic N) is 3. The molecule has 1 heterocycles. The lowest BCUT2D eigenvalue weighted by Gasteiger charge is -2.22. The molecule has 0 radical (unpaired) electrons. The van der Waals surface area contributed by atoms with Gasteiger partial charge >= 0.3 is 5.97 Å². The van der Waals surface area contributed by atoms with Gasteiger partial charge in [-0.3, -0.25) is 19.8 Å². The highest BCUT2D eigenvalue weighted by Gasteiger charge is 2.22. The van der Waals surface area contributed by atoms with Crippen molar-refractivity contribution in [1.29, 1.82) is 0 Å². The first-order chi connectivity index (χ1) is 9.97. The lowest BCUT2D eigenvalue weighted by Crippen LogP contribution is -2.42. The molecular weight excluding hydrogens is 312 g/mol. The Kier molecular flexibility index (Phi) is 7.62. The molecule has 2 N–H and O–H groups in total. The van der Waals surface area contributed by atoms with Gasteiger partial charge in [0.25, 0.3) is 0 Å². The molecule has 0 saturated heterocycles. The average Bonchev–Trinajstić information content (AvgIpc) is 2.83. The Hall–Kier alpha value is -1.19. The van der Waals surface area contributed by atoms with Crippen molar-refractivity contribution in [2.75, 3.05) is 24.7 Å². The number of hydrogen-bond donors (Lipinski definition) is 2. The molecule has 21 heavy (non-hydrogen) atoms. The van der Waals surface area contributed by atoms with E-state index in [2.05, 4.69) is 21.6 Å². The van der Waals surface area contributed by atoms with E-state index in [0.717, 1.165) is 23.7 Å². The third kappa shape index (κ3) is 5.98. The number of hydrogen-bond acceptors (Lipinski definition) is 7. The van der Waals surface area contributed by atoms with Crippen LogP contribution in [-0.2, 0) is 9.59 Å². The second-order valence-corrected chi connectivity index (χ2v) is 6.27. The third-order valence-corrected chi connectivity index (χ3v) is 4.49. The molecule has 118 valence electrons. The lowest BCUT2D eigenvalue weighted by molar-refractivity contribution is -0.143. The molecule has 1 aromatic rings. The van der Waals surface area contributed by atoms with Crippen molar-refractivity contribution in [3.63, 3.8) is 0 Å². The van der Waals surface area contributed by atoms with Gasteiger partial charge in [-0.05, 0) is 19.9 Å². The van der Waals surface area contributed by atoms with E-state index in [1.165, 1.54) is 4.90 Å². The van der Waals surface area contributed by atoms with Crippen molar-refractivity contribution in [1.82, 2.24) is 14.3 Å². The largest absolute Gasteiger partial charge is 0.480 e. The number of amides is 1. The van der Waals surface area contributed by atoms with E-state index in [9.17, 15) is 9.59 Å². The zero-order valence-electron chi connectivity index (χ0n) is 12.3. The topological polar surface area (TPSA) is 95.4 Å². The molecule has 0 aliphatic rings. The second kappa shape index (κ2) is 8.96. The molecule has 7 nitrogen and oxygen atoms in total. The quantitative estimate of drug-likeness (QED) is 0.665. The predicted molar refractivity (Wildman–Crippen MR) is 83.9 cm³/mol. The molecule has 1 unspecified atom stereocenters. The number of nitrogens with one attached hydrogen (secondary N) is 1. The highest BCUT2D eigenvalue weighted by molar-refractivity contribution is 7.99. The standard InChI is InChI=1S/C12H20N4O3S2/c1-4-6-20-12-14-11(21-15-12)13-9(17)7-16(3)8(5-2)10(18)19/h8H,4-7H2,1-3H3,(H,18,19)(H,13,14,15,17). The van der Waals surface area contributed by atoms with Crippen molar-refractivity contribution in [3.8, 4) is 0 Å². The molecule has 0 aliphatic carbocycles. The van der Waals surface area contributed by atoms with Crippen LogP contribution >= 0.6 is 23.3 Å². The number of carbonyl (C=O) groups excluding carboxylic acids is 1. The van der Waals surface area contributed by atoms with E-state index < -0.39 is 12.0 Å². The van der Waals surface area contributed by atoms with Crippen LogP contribution in [0.5, 0.6) is 0 Å². The number of rotatable bonds is 9. The summed E-state index contributed by atoms with van der Waals surface area (Å²) in [6.07, 6.45) is 1.47. The van der Waals surface area contributed by atoms with Crippen LogP contribution in [0.4, 0.5) is 5.13 Å². The molecule has 1 aromatic heterocycles. The van der Waals surface area contributed by atoms with Crippen molar-refractivity contribution in [2.24, 2.45) is 0 Å². The molecule has 0 aliphatic heterocycles. The summed E-state index contributed by atoms with van der Waals surface area (Å²) in [5, 5.41) is 12.8. The number of likely N-dealkylation sites (N-methyl/N-ethyl adjacent to an activating group) is 1. The summed E-state index contributed by atoms with van der Waals surface area (Å²) in [7, 11) is 1.62. The Bertz CT molecular complexity index is 481. The van der Waals surface area contributed by atoms with Crippen LogP contribution in [0.25, 0.3) is 0 Å². The smallest absolute Gasteiger partial charge is 0.320 e. The number of carbonyl (C=O) groups is 2. The van der Waals surface area contributed by atoms with Gasteiger partial charge in [-0.2, -0.15) is 9.36 Å². The summed E-state index contributed by atoms with van der Waals surface area (Å²) in [4.78, 5) is 28.6. The molecule has 0 bridgehead atoms. The van der Waals surface area contributed by atoms with Crippen LogP contribution in [0.15, 0.2) is 5.16 Å². The van der Waals surface area contributed by atoms with E-state index in [1.807, 2.05) is 0 Å². The lowest BCUT2D eigenvalue weighted by atomic mass is 10.2. The van der Waals surface area contributed by atoms with Gasteiger partial charge in [-0.15, -0.1) is 0 Å². The number of carboxylic acids is 1. The number of anilines is 1. The summed E-state index contributed by atoms with van der Waals surface area (Å²) in [6.45, 7) is 3.85. The number of aliphatic carboxylic acids is 1. The predicted octanol–water partition coefficient (Wildman–Crippen LogP) is 1.77. The summed E-state index contributed by atoms with van der Waals surface area (Å²) in [5.74, 6) is -0.286. The molecule has 1 atom stereocenters. The van der Waals surface area contributed by atoms with Gasteiger partial charge in [0, 0.05) is 17.3 Å². The van der Waals surface area contributed by atoms with Crippen LogP contribution in [0.3, 0.4) is 0 Å². The van der Waals surface area contributed by atoms with Crippen LogP contribution in [0, 0.1) is 0 Å². The molecule has 1 rings (SSSR count). The average molecular weight is 332 g/mol. The Morgan fingerprint density at radius 3 is 2.76 bits per heavy atom. The van der Waals surface area contributed by atoms with Gasteiger partial charge in [-0.1, -0.05) is 25.6 Å². The SMILES string of the molecule is CCCSc1nsc(NC(=O)CN(C)C(CC)C(=O)O)n1. The van der Waals surface area contributed by atoms with E-state index in [1.54, 1.807) is 25.7 Å². The summed E-state index contributed by atoms with van der Waals surface area (Å²) < 4.78 is 4.14. The van der Waals surface area contributed by atoms with Gasteiger partial charge in [0.1, 0.15) is 6.04 Å². The first kappa shape index (κ1) is 17.9. The highest BCUT2D eigenvalue weighted by atomic mass is 32.2. The molecule has 0 fully saturated rings. The van der Waals surface area contributed by atoms with Crippen molar-refractivity contribution >= 4 is 40.3 Å². The number of aromatic nitrogens is 2. The molecule has 0 spiro atoms. The minimum Gasteiger partial charge on any atom is -0.480 e. The Morgan fingerprint density at radius 2 is 2.19 bits per heavy atom. The van der Waals surface area contributed by atoms with Gasteiger partial charge < -0.3 is 5.11 Å². The monoisotopic (exact) mass is 332 g/mol. The van der Waals surface area contributed by atoms with Crippen molar-refractivity contribution < 1.29 is 14.7 Å². The van der Waals surface area contributed by atoms with E-state index >= 15 is 0 Å². The fourth-order valence-electron chi connectivity index (χ4n) is 1.68. The number of carboxylic acid groups (broad SMARTS) is 1. The first-order valence-electron chi connectivity index (χ1n) is 6.67. The minimum absolute atomic E-state index is 0.00181. The maximum absolute atomic E-state index is 11.9. The second-order valence-electron chi connectivity index (χ2n) is 4.46. The fourth-order valence-corrected chi connectivity index (χ4v) is 3.10. The third-order valence-electron chi connectivity index (χ3n) is 2.69. The molecular formula is C12H20N4O3S2. The number of thioether (sulfide) groups is 1. The van der Waals surface area contributed by atoms with Crippen LogP contribution < -0.4 is 5.32 Å². The molecule has 1 amide bonds. The maximum Gasteiger partial charge on any atom is 0.320 e. The van der Waals surface area contributed by atoms with Crippen LogP contribution in [-0.4, -0.2) is 56.6 Å².